The molecule has 2 rings (SSSR count). The summed E-state index contributed by atoms with van der Waals surface area (Å²) in [5.41, 5.74) is 4.43. The first-order valence-corrected chi connectivity index (χ1v) is 8.21. The molecular weight excluding hydrogens is 284 g/mol. The number of hydrogen-bond donors (Lipinski definition) is 2. The van der Waals surface area contributed by atoms with E-state index < -0.39 is 0 Å². The molecule has 0 atom stereocenters. The Labute approximate surface area is 139 Å². The van der Waals surface area contributed by atoms with E-state index in [9.17, 15) is 4.79 Å². The van der Waals surface area contributed by atoms with Gasteiger partial charge in [0.25, 0.3) is 5.91 Å². The summed E-state index contributed by atoms with van der Waals surface area (Å²) < 4.78 is 0. The van der Waals surface area contributed by atoms with Gasteiger partial charge in [0.2, 0.25) is 0 Å². The lowest BCUT2D eigenvalue weighted by Gasteiger charge is -2.13. The lowest BCUT2D eigenvalue weighted by Crippen LogP contribution is -3.04. The van der Waals surface area contributed by atoms with E-state index in [1.165, 1.54) is 21.6 Å². The molecule has 2 aromatic carbocycles. The monoisotopic (exact) mass is 311 g/mol. The highest BCUT2D eigenvalue weighted by Gasteiger charge is 2.09. The second-order valence-corrected chi connectivity index (χ2v) is 6.61. The molecule has 0 aliphatic rings. The molecule has 3 heteroatoms. The third-order valence-corrected chi connectivity index (χ3v) is 3.94. The summed E-state index contributed by atoms with van der Waals surface area (Å²) in [6, 6.07) is 16.2. The molecule has 0 bridgehead atoms. The van der Waals surface area contributed by atoms with Crippen molar-refractivity contribution in [1.82, 2.24) is 5.32 Å². The van der Waals surface area contributed by atoms with Crippen LogP contribution in [0.25, 0.3) is 0 Å². The Kier molecular flexibility index (Phi) is 5.94. The third-order valence-electron chi connectivity index (χ3n) is 3.94. The molecule has 0 aliphatic carbocycles. The number of amides is 1. The van der Waals surface area contributed by atoms with Gasteiger partial charge in [-0.2, -0.15) is 0 Å². The minimum Gasteiger partial charge on any atom is -0.348 e. The van der Waals surface area contributed by atoms with Gasteiger partial charge in [0.05, 0.1) is 14.1 Å². The molecule has 3 nitrogen and oxygen atoms in total. The summed E-state index contributed by atoms with van der Waals surface area (Å²) in [5.74, 6) is 0.458. The topological polar surface area (TPSA) is 33.5 Å². The lowest BCUT2D eigenvalue weighted by atomic mass is 10.0. The Morgan fingerprint density at radius 2 is 1.61 bits per heavy atom. The van der Waals surface area contributed by atoms with Crippen molar-refractivity contribution in [3.05, 3.63) is 70.8 Å². The number of nitrogens with one attached hydrogen (secondary N) is 2. The first-order valence-electron chi connectivity index (χ1n) is 8.21. The minimum absolute atomic E-state index is 0.0210. The number of carbonyl (C=O) groups is 1. The maximum atomic E-state index is 12.3. The zero-order chi connectivity index (χ0) is 16.8. The van der Waals surface area contributed by atoms with Gasteiger partial charge >= 0.3 is 0 Å². The summed E-state index contributed by atoms with van der Waals surface area (Å²) in [7, 11) is 4.26. The summed E-state index contributed by atoms with van der Waals surface area (Å²) in [6.45, 7) is 5.82. The molecular formula is C20H27N2O+. The Morgan fingerprint density at radius 3 is 2.17 bits per heavy atom. The molecule has 0 saturated carbocycles. The number of benzene rings is 2. The van der Waals surface area contributed by atoms with Gasteiger partial charge in [0, 0.05) is 17.7 Å². The van der Waals surface area contributed by atoms with E-state index in [0.717, 1.165) is 6.54 Å². The van der Waals surface area contributed by atoms with Gasteiger partial charge in [0.15, 0.2) is 0 Å². The van der Waals surface area contributed by atoms with E-state index in [2.05, 4.69) is 45.4 Å². The molecule has 122 valence electrons. The first-order chi connectivity index (χ1) is 11.0. The van der Waals surface area contributed by atoms with Gasteiger partial charge in [0.1, 0.15) is 6.54 Å². The predicted molar refractivity (Wildman–Crippen MR) is 94.7 cm³/mol. The largest absolute Gasteiger partial charge is 0.348 e. The fourth-order valence-corrected chi connectivity index (χ4v) is 2.58. The van der Waals surface area contributed by atoms with Crippen LogP contribution < -0.4 is 10.2 Å². The molecule has 0 fully saturated rings. The number of rotatable bonds is 6. The van der Waals surface area contributed by atoms with E-state index in [0.29, 0.717) is 18.0 Å². The van der Waals surface area contributed by atoms with E-state index in [1.54, 1.807) is 0 Å². The van der Waals surface area contributed by atoms with Crippen molar-refractivity contribution in [2.45, 2.75) is 32.9 Å². The van der Waals surface area contributed by atoms with Crippen molar-refractivity contribution in [3.63, 3.8) is 0 Å². The average Bonchev–Trinajstić information content (AvgIpc) is 2.53. The smallest absolute Gasteiger partial charge is 0.251 e. The van der Waals surface area contributed by atoms with E-state index in [-0.39, 0.29) is 5.91 Å². The second-order valence-electron chi connectivity index (χ2n) is 6.61. The highest BCUT2D eigenvalue weighted by Crippen LogP contribution is 2.15. The molecule has 0 aliphatic heterocycles. The van der Waals surface area contributed by atoms with E-state index in [4.69, 9.17) is 0 Å². The van der Waals surface area contributed by atoms with Crippen LogP contribution in [0.2, 0.25) is 0 Å². The fraction of sp³-hybridized carbons (Fsp3) is 0.350. The summed E-state index contributed by atoms with van der Waals surface area (Å²) in [4.78, 5) is 13.7. The van der Waals surface area contributed by atoms with Gasteiger partial charge in [-0.1, -0.05) is 50.2 Å². The molecule has 0 saturated heterocycles. The molecule has 1 amide bonds. The molecule has 0 aromatic heterocycles. The first kappa shape index (κ1) is 17.2. The van der Waals surface area contributed by atoms with E-state index in [1.807, 2.05) is 36.4 Å². The SMILES string of the molecule is CC(C)c1ccc(C(=O)NCc2ccccc2C[NH+](C)C)cc1. The fourth-order valence-electron chi connectivity index (χ4n) is 2.58. The predicted octanol–water partition coefficient (Wildman–Crippen LogP) is 2.38. The third kappa shape index (κ3) is 4.93. The van der Waals surface area contributed by atoms with Gasteiger partial charge in [-0.05, 0) is 29.2 Å². The Hall–Kier alpha value is -2.13. The highest BCUT2D eigenvalue weighted by molar-refractivity contribution is 5.94. The summed E-state index contributed by atoms with van der Waals surface area (Å²) >= 11 is 0. The van der Waals surface area contributed by atoms with E-state index >= 15 is 0 Å². The Balaban J connectivity index is 2.02. The zero-order valence-corrected chi connectivity index (χ0v) is 14.5. The van der Waals surface area contributed by atoms with Crippen molar-refractivity contribution in [3.8, 4) is 0 Å². The van der Waals surface area contributed by atoms with Crippen molar-refractivity contribution >= 4 is 5.91 Å². The highest BCUT2D eigenvalue weighted by atomic mass is 16.1. The molecule has 2 N–H and O–H groups in total. The van der Waals surface area contributed by atoms with Gasteiger partial charge in [-0.15, -0.1) is 0 Å². The van der Waals surface area contributed by atoms with Crippen molar-refractivity contribution in [1.29, 1.82) is 0 Å². The number of hydrogen-bond acceptors (Lipinski definition) is 1. The number of carbonyl (C=O) groups excluding carboxylic acids is 1. The summed E-state index contributed by atoms with van der Waals surface area (Å²) in [6.07, 6.45) is 0. The molecule has 0 radical (unpaired) electrons. The molecule has 0 heterocycles. The van der Waals surface area contributed by atoms with Crippen LogP contribution in [-0.2, 0) is 13.1 Å². The summed E-state index contributed by atoms with van der Waals surface area (Å²) in [5, 5.41) is 3.03. The Bertz CT molecular complexity index is 645. The normalized spacial score (nSPS) is 11.0. The van der Waals surface area contributed by atoms with Crippen LogP contribution in [0.1, 0.15) is 46.8 Å². The van der Waals surface area contributed by atoms with Crippen LogP contribution in [0, 0.1) is 0 Å². The van der Waals surface area contributed by atoms with Crippen molar-refractivity contribution in [2.24, 2.45) is 0 Å². The maximum absolute atomic E-state index is 12.3. The molecule has 0 spiro atoms. The molecule has 0 unspecified atom stereocenters. The van der Waals surface area contributed by atoms with Crippen molar-refractivity contribution < 1.29 is 9.69 Å². The van der Waals surface area contributed by atoms with Crippen LogP contribution in [-0.4, -0.2) is 20.0 Å². The van der Waals surface area contributed by atoms with Crippen molar-refractivity contribution in [2.75, 3.05) is 14.1 Å². The quantitative estimate of drug-likeness (QED) is 0.844. The standard InChI is InChI=1S/C20H26N2O/c1-15(2)16-9-11-17(12-10-16)20(23)21-13-18-7-5-6-8-19(18)14-22(3)4/h5-12,15H,13-14H2,1-4H3,(H,21,23)/p+1. The van der Waals surface area contributed by atoms with Gasteiger partial charge in [-0.25, -0.2) is 0 Å². The minimum atomic E-state index is -0.0210. The second kappa shape index (κ2) is 7.93. The van der Waals surface area contributed by atoms with Crippen LogP contribution in [0.5, 0.6) is 0 Å². The van der Waals surface area contributed by atoms with Crippen LogP contribution >= 0.6 is 0 Å². The van der Waals surface area contributed by atoms with Crippen LogP contribution in [0.4, 0.5) is 0 Å². The van der Waals surface area contributed by atoms with Crippen LogP contribution in [0.15, 0.2) is 48.5 Å². The zero-order valence-electron chi connectivity index (χ0n) is 14.5. The molecule has 23 heavy (non-hydrogen) atoms. The molecule has 2 aromatic rings. The maximum Gasteiger partial charge on any atom is 0.251 e. The Morgan fingerprint density at radius 1 is 1.00 bits per heavy atom. The number of quaternary nitrogens is 1. The van der Waals surface area contributed by atoms with Gasteiger partial charge in [-0.3, -0.25) is 4.79 Å². The van der Waals surface area contributed by atoms with Gasteiger partial charge < -0.3 is 10.2 Å². The lowest BCUT2D eigenvalue weighted by molar-refractivity contribution is -0.872. The van der Waals surface area contributed by atoms with Crippen LogP contribution in [0.3, 0.4) is 0 Å². The average molecular weight is 311 g/mol.